The molecule has 2 bridgehead atoms. The zero-order chi connectivity index (χ0) is 8.01. The molecule has 11 heavy (non-hydrogen) atoms. The van der Waals surface area contributed by atoms with Crippen LogP contribution in [-0.4, -0.2) is 15.9 Å². The molecule has 0 unspecified atom stereocenters. The molecule has 2 rings (SSSR count). The van der Waals surface area contributed by atoms with Gasteiger partial charge in [-0.05, 0) is 31.1 Å². The van der Waals surface area contributed by atoms with Gasteiger partial charge in [-0.3, -0.25) is 4.79 Å². The Kier molecular flexibility index (Phi) is 1.71. The third-order valence-electron chi connectivity index (χ3n) is 3.10. The summed E-state index contributed by atoms with van der Waals surface area (Å²) in [4.78, 5) is 11.0. The number of carboxylic acids is 1. The minimum atomic E-state index is -0.612. The fourth-order valence-corrected chi connectivity index (χ4v) is 3.70. The van der Waals surface area contributed by atoms with Crippen molar-refractivity contribution in [3.8, 4) is 0 Å². The zero-order valence-corrected chi connectivity index (χ0v) is 7.75. The molecular formula is C8H11BrO2. The predicted molar refractivity (Wildman–Crippen MR) is 44.7 cm³/mol. The van der Waals surface area contributed by atoms with Crippen molar-refractivity contribution in [2.24, 2.45) is 17.8 Å². The van der Waals surface area contributed by atoms with Gasteiger partial charge in [0.1, 0.15) is 0 Å². The van der Waals surface area contributed by atoms with Gasteiger partial charge in [-0.2, -0.15) is 0 Å². The molecule has 0 aromatic heterocycles. The van der Waals surface area contributed by atoms with Gasteiger partial charge in [0.15, 0.2) is 0 Å². The molecule has 4 atom stereocenters. The van der Waals surface area contributed by atoms with Crippen LogP contribution in [-0.2, 0) is 4.79 Å². The average Bonchev–Trinajstić information content (AvgIpc) is 2.44. The van der Waals surface area contributed by atoms with E-state index in [0.29, 0.717) is 11.8 Å². The van der Waals surface area contributed by atoms with Crippen molar-refractivity contribution in [3.05, 3.63) is 0 Å². The normalized spacial score (nSPS) is 48.1. The van der Waals surface area contributed by atoms with E-state index in [1.807, 2.05) is 0 Å². The number of carboxylic acid groups (broad SMARTS) is 1. The summed E-state index contributed by atoms with van der Waals surface area (Å²) >= 11 is 3.48. The lowest BCUT2D eigenvalue weighted by molar-refractivity contribution is -0.143. The van der Waals surface area contributed by atoms with Crippen LogP contribution in [0.1, 0.15) is 19.3 Å². The van der Waals surface area contributed by atoms with Crippen LogP contribution in [0.25, 0.3) is 0 Å². The number of fused-ring (bicyclic) bond motifs is 2. The Balaban J connectivity index is 2.17. The molecule has 2 aliphatic rings. The lowest BCUT2D eigenvalue weighted by atomic mass is 9.89. The smallest absolute Gasteiger partial charge is 0.307 e. The monoisotopic (exact) mass is 218 g/mol. The van der Waals surface area contributed by atoms with Crippen LogP contribution in [0.3, 0.4) is 0 Å². The molecule has 0 saturated heterocycles. The molecule has 2 saturated carbocycles. The second-order valence-electron chi connectivity index (χ2n) is 3.64. The second kappa shape index (κ2) is 2.47. The van der Waals surface area contributed by atoms with E-state index in [-0.39, 0.29) is 10.7 Å². The third kappa shape index (κ3) is 1.01. The number of alkyl halides is 1. The van der Waals surface area contributed by atoms with E-state index in [1.54, 1.807) is 0 Å². The maximum Gasteiger partial charge on any atom is 0.307 e. The predicted octanol–water partition coefficient (Wildman–Crippen LogP) is 1.88. The van der Waals surface area contributed by atoms with Crippen molar-refractivity contribution >= 4 is 21.9 Å². The molecule has 0 heterocycles. The summed E-state index contributed by atoms with van der Waals surface area (Å²) in [5.41, 5.74) is 0. The van der Waals surface area contributed by atoms with Crippen molar-refractivity contribution < 1.29 is 9.90 Å². The Hall–Kier alpha value is -0.0500. The van der Waals surface area contributed by atoms with Gasteiger partial charge in [0.05, 0.1) is 5.92 Å². The summed E-state index contributed by atoms with van der Waals surface area (Å²) in [5.74, 6) is 0.385. The fourth-order valence-electron chi connectivity index (χ4n) is 2.56. The van der Waals surface area contributed by atoms with Gasteiger partial charge < -0.3 is 5.11 Å². The van der Waals surface area contributed by atoms with Crippen LogP contribution in [0.5, 0.6) is 0 Å². The lowest BCUT2D eigenvalue weighted by Gasteiger charge is -2.22. The fraction of sp³-hybridized carbons (Fsp3) is 0.875. The first-order valence-electron chi connectivity index (χ1n) is 4.07. The standard InChI is InChI=1S/C8H11BrO2/c9-7-5-2-1-4(3-5)6(7)8(10)11/h4-7H,1-3H2,(H,10,11)/t4-,5-,6+,7-/m0/s1. The summed E-state index contributed by atoms with van der Waals surface area (Å²) in [6, 6.07) is 0. The van der Waals surface area contributed by atoms with Crippen molar-refractivity contribution in [1.29, 1.82) is 0 Å². The zero-order valence-electron chi connectivity index (χ0n) is 6.16. The second-order valence-corrected chi connectivity index (χ2v) is 4.70. The quantitative estimate of drug-likeness (QED) is 0.683. The maximum absolute atomic E-state index is 10.8. The van der Waals surface area contributed by atoms with Crippen LogP contribution >= 0.6 is 15.9 Å². The molecule has 0 spiro atoms. The highest BCUT2D eigenvalue weighted by Crippen LogP contribution is 2.51. The van der Waals surface area contributed by atoms with E-state index in [4.69, 9.17) is 5.11 Å². The molecule has 1 N–H and O–H groups in total. The van der Waals surface area contributed by atoms with Crippen molar-refractivity contribution in [1.82, 2.24) is 0 Å². The van der Waals surface area contributed by atoms with Gasteiger partial charge in [0, 0.05) is 4.83 Å². The van der Waals surface area contributed by atoms with Crippen molar-refractivity contribution in [3.63, 3.8) is 0 Å². The molecule has 3 heteroatoms. The molecule has 2 aliphatic carbocycles. The molecule has 0 radical (unpaired) electrons. The summed E-state index contributed by atoms with van der Waals surface area (Å²) in [7, 11) is 0. The number of hydrogen-bond donors (Lipinski definition) is 1. The minimum absolute atomic E-state index is 0.103. The topological polar surface area (TPSA) is 37.3 Å². The highest BCUT2D eigenvalue weighted by atomic mass is 79.9. The molecule has 2 fully saturated rings. The number of rotatable bonds is 1. The Morgan fingerprint density at radius 2 is 2.00 bits per heavy atom. The molecule has 0 amide bonds. The first-order valence-corrected chi connectivity index (χ1v) is 4.98. The van der Waals surface area contributed by atoms with E-state index in [1.165, 1.54) is 6.42 Å². The number of aliphatic carboxylic acids is 1. The Morgan fingerprint density at radius 3 is 2.36 bits per heavy atom. The Bertz CT molecular complexity index is 191. The Labute approximate surface area is 74.1 Å². The number of hydrogen-bond acceptors (Lipinski definition) is 1. The molecule has 0 aromatic rings. The molecule has 0 aromatic carbocycles. The van der Waals surface area contributed by atoms with E-state index >= 15 is 0 Å². The van der Waals surface area contributed by atoms with Gasteiger partial charge in [-0.25, -0.2) is 0 Å². The van der Waals surface area contributed by atoms with Crippen LogP contribution in [0, 0.1) is 17.8 Å². The van der Waals surface area contributed by atoms with Gasteiger partial charge in [-0.15, -0.1) is 0 Å². The first kappa shape index (κ1) is 7.59. The summed E-state index contributed by atoms with van der Waals surface area (Å²) in [5, 5.41) is 8.88. The van der Waals surface area contributed by atoms with E-state index in [2.05, 4.69) is 15.9 Å². The van der Waals surface area contributed by atoms with Gasteiger partial charge in [0.2, 0.25) is 0 Å². The number of halogens is 1. The third-order valence-corrected chi connectivity index (χ3v) is 4.42. The van der Waals surface area contributed by atoms with E-state index < -0.39 is 5.97 Å². The van der Waals surface area contributed by atoms with Crippen LogP contribution in [0.2, 0.25) is 0 Å². The molecule has 62 valence electrons. The number of carbonyl (C=O) groups is 1. The first-order chi connectivity index (χ1) is 5.20. The SMILES string of the molecule is O=C(O)[C@@H]1[C@H]2CC[C@@H](C2)[C@@H]1Br. The molecular weight excluding hydrogens is 208 g/mol. The van der Waals surface area contributed by atoms with Gasteiger partial charge in [-0.1, -0.05) is 15.9 Å². The lowest BCUT2D eigenvalue weighted by Crippen LogP contribution is -2.29. The van der Waals surface area contributed by atoms with Crippen LogP contribution in [0.15, 0.2) is 0 Å². The average molecular weight is 219 g/mol. The van der Waals surface area contributed by atoms with E-state index in [9.17, 15) is 4.79 Å². The minimum Gasteiger partial charge on any atom is -0.481 e. The van der Waals surface area contributed by atoms with Crippen LogP contribution in [0.4, 0.5) is 0 Å². The van der Waals surface area contributed by atoms with Gasteiger partial charge >= 0.3 is 5.97 Å². The summed E-state index contributed by atoms with van der Waals surface area (Å²) in [6.07, 6.45) is 3.49. The highest BCUT2D eigenvalue weighted by Gasteiger charge is 2.49. The van der Waals surface area contributed by atoms with Crippen molar-refractivity contribution in [2.75, 3.05) is 0 Å². The van der Waals surface area contributed by atoms with Crippen LogP contribution < -0.4 is 0 Å². The molecule has 0 aliphatic heterocycles. The summed E-state index contributed by atoms with van der Waals surface area (Å²) < 4.78 is 0. The maximum atomic E-state index is 10.8. The largest absolute Gasteiger partial charge is 0.481 e. The highest BCUT2D eigenvalue weighted by molar-refractivity contribution is 9.09. The summed E-state index contributed by atoms with van der Waals surface area (Å²) in [6.45, 7) is 0. The Morgan fingerprint density at radius 1 is 1.36 bits per heavy atom. The van der Waals surface area contributed by atoms with Crippen molar-refractivity contribution in [2.45, 2.75) is 24.1 Å². The van der Waals surface area contributed by atoms with Gasteiger partial charge in [0.25, 0.3) is 0 Å². The van der Waals surface area contributed by atoms with E-state index in [0.717, 1.165) is 12.8 Å². The molecule has 2 nitrogen and oxygen atoms in total.